The predicted octanol–water partition coefficient (Wildman–Crippen LogP) is 3.91. The first-order valence-corrected chi connectivity index (χ1v) is 16.5. The van der Waals surface area contributed by atoms with E-state index in [4.69, 9.17) is 4.74 Å². The number of carbonyl (C=O) groups excluding carboxylic acids is 4. The van der Waals surface area contributed by atoms with E-state index in [2.05, 4.69) is 21.3 Å². The molecule has 3 aromatic carbocycles. The molecular formula is C38H49N5O5. The molecule has 1 aliphatic heterocycles. The topological polar surface area (TPSA) is 129 Å². The first-order valence-electron chi connectivity index (χ1n) is 16.5. The van der Waals surface area contributed by atoms with Crippen LogP contribution in [0.3, 0.4) is 0 Å². The van der Waals surface area contributed by atoms with Crippen LogP contribution in [0.15, 0.2) is 84.9 Å². The average molecular weight is 656 g/mol. The summed E-state index contributed by atoms with van der Waals surface area (Å²) in [7, 11) is 1.67. The minimum Gasteiger partial charge on any atom is -0.374 e. The molecule has 0 spiro atoms. The molecule has 1 fully saturated rings. The number of hydrogen-bond acceptors (Lipinski definition) is 6. The summed E-state index contributed by atoms with van der Waals surface area (Å²) in [5.74, 6) is -1.36. The second-order valence-electron chi connectivity index (χ2n) is 13.6. The molecule has 48 heavy (non-hydrogen) atoms. The molecule has 10 nitrogen and oxygen atoms in total. The number of amides is 4. The van der Waals surface area contributed by atoms with Gasteiger partial charge in [-0.1, -0.05) is 99.1 Å². The fourth-order valence-electron chi connectivity index (χ4n) is 5.66. The zero-order chi connectivity index (χ0) is 34.8. The largest absolute Gasteiger partial charge is 0.374 e. The average Bonchev–Trinajstić information content (AvgIpc) is 3.50. The molecule has 256 valence electrons. The zero-order valence-corrected chi connectivity index (χ0v) is 28.8. The Bertz CT molecular complexity index is 1520. The van der Waals surface area contributed by atoms with Gasteiger partial charge in [0.15, 0.2) is 0 Å². The van der Waals surface area contributed by atoms with Gasteiger partial charge in [-0.2, -0.15) is 0 Å². The van der Waals surface area contributed by atoms with Crippen molar-refractivity contribution in [2.24, 2.45) is 5.41 Å². The van der Waals surface area contributed by atoms with Crippen LogP contribution in [0.2, 0.25) is 0 Å². The smallest absolute Gasteiger partial charge is 0.251 e. The number of benzene rings is 3. The highest BCUT2D eigenvalue weighted by molar-refractivity contribution is 5.96. The van der Waals surface area contributed by atoms with Crippen LogP contribution in [0.25, 0.3) is 0 Å². The minimum absolute atomic E-state index is 0.110. The monoisotopic (exact) mass is 655 g/mol. The predicted molar refractivity (Wildman–Crippen MR) is 186 cm³/mol. The third kappa shape index (κ3) is 9.74. The molecule has 3 aromatic rings. The third-order valence-electron chi connectivity index (χ3n) is 8.68. The maximum Gasteiger partial charge on any atom is 0.251 e. The maximum absolute atomic E-state index is 14.4. The molecular weight excluding hydrogens is 606 g/mol. The number of nitrogens with one attached hydrogen (secondary N) is 4. The quantitative estimate of drug-likeness (QED) is 0.221. The van der Waals surface area contributed by atoms with Crippen molar-refractivity contribution in [3.8, 4) is 0 Å². The van der Waals surface area contributed by atoms with Crippen LogP contribution in [0.5, 0.6) is 0 Å². The van der Waals surface area contributed by atoms with Crippen molar-refractivity contribution >= 4 is 23.6 Å². The summed E-state index contributed by atoms with van der Waals surface area (Å²) in [5, 5.41) is 12.0. The van der Waals surface area contributed by atoms with Gasteiger partial charge in [0.05, 0.1) is 25.3 Å². The normalized spacial score (nSPS) is 18.0. The summed E-state index contributed by atoms with van der Waals surface area (Å²) in [5.41, 5.74) is 2.73. The summed E-state index contributed by atoms with van der Waals surface area (Å²) < 4.78 is 6.06. The van der Waals surface area contributed by atoms with Crippen molar-refractivity contribution in [1.29, 1.82) is 0 Å². The summed E-state index contributed by atoms with van der Waals surface area (Å²) in [6, 6.07) is 23.2. The van der Waals surface area contributed by atoms with E-state index in [0.29, 0.717) is 12.2 Å². The highest BCUT2D eigenvalue weighted by Gasteiger charge is 2.45. The standard InChI is InChI=1S/C38H49N5O5/c1-25-17-19-29(20-18-25)35(45)40-30-21-32(43(22-30)37(47)33(38(3,4)5)42-34(44)26(2)39-6)36(46)41-31(28-15-11-8-12-16-28)24-48-23-27-13-9-7-10-14-27/h7-20,26,30-33,39H,21-24H2,1-6H3,(H,40,45)(H,41,46)(H,42,44)/t26?,30-,31+,32-,33+/m0/s1. The van der Waals surface area contributed by atoms with Crippen molar-refractivity contribution in [2.45, 2.75) is 77.9 Å². The lowest BCUT2D eigenvalue weighted by Crippen LogP contribution is -2.59. The molecule has 0 radical (unpaired) electrons. The van der Waals surface area contributed by atoms with Crippen LogP contribution in [-0.4, -0.2) is 72.9 Å². The molecule has 4 amide bonds. The van der Waals surface area contributed by atoms with Gasteiger partial charge in [0.25, 0.3) is 5.91 Å². The van der Waals surface area contributed by atoms with Crippen LogP contribution >= 0.6 is 0 Å². The molecule has 5 atom stereocenters. The van der Waals surface area contributed by atoms with E-state index < -0.39 is 35.6 Å². The van der Waals surface area contributed by atoms with Crippen molar-refractivity contribution in [2.75, 3.05) is 20.2 Å². The van der Waals surface area contributed by atoms with Crippen LogP contribution in [0.4, 0.5) is 0 Å². The van der Waals surface area contributed by atoms with Gasteiger partial charge >= 0.3 is 0 Å². The van der Waals surface area contributed by atoms with E-state index in [9.17, 15) is 19.2 Å². The Morgan fingerprint density at radius 1 is 0.896 bits per heavy atom. The number of carbonyl (C=O) groups is 4. The number of likely N-dealkylation sites (N-methyl/N-ethyl adjacent to an activating group) is 1. The lowest BCUT2D eigenvalue weighted by Gasteiger charge is -2.36. The first kappa shape index (κ1) is 36.3. The Morgan fingerprint density at radius 2 is 1.52 bits per heavy atom. The second kappa shape index (κ2) is 16.5. The van der Waals surface area contributed by atoms with Gasteiger partial charge in [-0.25, -0.2) is 0 Å². The molecule has 1 saturated heterocycles. The number of nitrogens with zero attached hydrogens (tertiary/aromatic N) is 1. The first-order chi connectivity index (χ1) is 22.9. The SMILES string of the molecule is CNC(C)C(=O)N[C@H](C(=O)N1C[C@@H](NC(=O)c2ccc(C)cc2)C[C@H]1C(=O)N[C@H](COCc1ccccc1)c1ccccc1)C(C)(C)C. The lowest BCUT2D eigenvalue weighted by molar-refractivity contribution is -0.144. The Hall–Kier alpha value is -4.54. The third-order valence-corrected chi connectivity index (χ3v) is 8.68. The molecule has 0 aliphatic carbocycles. The van der Waals surface area contributed by atoms with E-state index in [0.717, 1.165) is 16.7 Å². The van der Waals surface area contributed by atoms with Gasteiger partial charge in [-0.15, -0.1) is 0 Å². The number of ether oxygens (including phenoxy) is 1. The second-order valence-corrected chi connectivity index (χ2v) is 13.6. The van der Waals surface area contributed by atoms with Crippen LogP contribution in [0.1, 0.15) is 67.2 Å². The lowest BCUT2D eigenvalue weighted by atomic mass is 9.85. The highest BCUT2D eigenvalue weighted by Crippen LogP contribution is 2.27. The molecule has 1 heterocycles. The number of hydrogen-bond donors (Lipinski definition) is 4. The van der Waals surface area contributed by atoms with Gasteiger partial charge in [-0.05, 0) is 56.0 Å². The molecule has 0 aromatic heterocycles. The Kier molecular flexibility index (Phi) is 12.5. The van der Waals surface area contributed by atoms with Gasteiger partial charge in [0.1, 0.15) is 12.1 Å². The molecule has 4 N–H and O–H groups in total. The van der Waals surface area contributed by atoms with Gasteiger partial charge in [0.2, 0.25) is 17.7 Å². The number of rotatable bonds is 13. The van der Waals surface area contributed by atoms with Gasteiger partial charge < -0.3 is 30.9 Å². The Balaban J connectivity index is 1.59. The summed E-state index contributed by atoms with van der Waals surface area (Å²) in [6.07, 6.45) is 0.208. The molecule has 0 bridgehead atoms. The van der Waals surface area contributed by atoms with Crippen molar-refractivity contribution in [3.05, 3.63) is 107 Å². The summed E-state index contributed by atoms with van der Waals surface area (Å²) >= 11 is 0. The summed E-state index contributed by atoms with van der Waals surface area (Å²) in [6.45, 7) is 9.97. The van der Waals surface area contributed by atoms with Crippen molar-refractivity contribution in [1.82, 2.24) is 26.2 Å². The van der Waals surface area contributed by atoms with Crippen molar-refractivity contribution < 1.29 is 23.9 Å². The fourth-order valence-corrected chi connectivity index (χ4v) is 5.66. The van der Waals surface area contributed by atoms with Crippen LogP contribution < -0.4 is 21.3 Å². The molecule has 0 saturated carbocycles. The van der Waals surface area contributed by atoms with E-state index in [1.165, 1.54) is 4.90 Å². The minimum atomic E-state index is -0.915. The van der Waals surface area contributed by atoms with E-state index >= 15 is 0 Å². The fraction of sp³-hybridized carbons (Fsp3) is 0.421. The number of likely N-dealkylation sites (tertiary alicyclic amines) is 1. The molecule has 10 heteroatoms. The Morgan fingerprint density at radius 3 is 2.12 bits per heavy atom. The summed E-state index contributed by atoms with van der Waals surface area (Å²) in [4.78, 5) is 56.2. The van der Waals surface area contributed by atoms with E-state index in [1.807, 2.05) is 100 Å². The number of aryl methyl sites for hydroxylation is 1. The maximum atomic E-state index is 14.4. The molecule has 4 rings (SSSR count). The molecule has 1 aliphatic rings. The Labute approximate surface area is 284 Å². The van der Waals surface area contributed by atoms with Crippen LogP contribution in [0, 0.1) is 12.3 Å². The van der Waals surface area contributed by atoms with E-state index in [1.54, 1.807) is 26.1 Å². The zero-order valence-electron chi connectivity index (χ0n) is 28.8. The van der Waals surface area contributed by atoms with Crippen molar-refractivity contribution in [3.63, 3.8) is 0 Å². The van der Waals surface area contributed by atoms with Gasteiger partial charge in [-0.3, -0.25) is 19.2 Å². The van der Waals surface area contributed by atoms with E-state index in [-0.39, 0.29) is 43.2 Å². The molecule has 1 unspecified atom stereocenters. The highest BCUT2D eigenvalue weighted by atomic mass is 16.5. The van der Waals surface area contributed by atoms with Crippen LogP contribution in [-0.2, 0) is 25.7 Å². The van der Waals surface area contributed by atoms with Gasteiger partial charge in [0, 0.05) is 18.2 Å².